The molecule has 1 heterocycles. The second-order valence-electron chi connectivity index (χ2n) is 7.51. The van der Waals surface area contributed by atoms with Crippen LogP contribution in [0.5, 0.6) is 0 Å². The van der Waals surface area contributed by atoms with Gasteiger partial charge in [-0.25, -0.2) is 0 Å². The molecule has 0 atom stereocenters. The number of carbonyl (C=O) groups is 1. The number of guanidine groups is 1. The minimum atomic E-state index is 0.00956. The molecule has 1 amide bonds. The Morgan fingerprint density at radius 1 is 1.07 bits per heavy atom. The maximum atomic E-state index is 12.0. The van der Waals surface area contributed by atoms with Gasteiger partial charge in [0.15, 0.2) is 5.96 Å². The molecule has 0 aliphatic heterocycles. The number of para-hydroxylation sites is 1. The van der Waals surface area contributed by atoms with Gasteiger partial charge in [-0.2, -0.15) is 0 Å². The van der Waals surface area contributed by atoms with Gasteiger partial charge in [-0.15, -0.1) is 0 Å². The standard InChI is InChI=1S/C24H31N5O/c1-5-18-7-6-8-21-20(16-27-22(18)21)13-14-26-24(25-2)28-15-17-9-11-19(12-10-17)23(30)29(3)4/h6-12,16,27H,5,13-15H2,1-4H3,(H2,25,26,28). The minimum Gasteiger partial charge on any atom is -0.361 e. The highest BCUT2D eigenvalue weighted by atomic mass is 16.2. The Balaban J connectivity index is 1.51. The molecule has 0 bridgehead atoms. The summed E-state index contributed by atoms with van der Waals surface area (Å²) in [5.74, 6) is 0.771. The van der Waals surface area contributed by atoms with Crippen molar-refractivity contribution in [3.63, 3.8) is 0 Å². The smallest absolute Gasteiger partial charge is 0.253 e. The number of hydrogen-bond donors (Lipinski definition) is 3. The quantitative estimate of drug-likeness (QED) is 0.417. The third kappa shape index (κ3) is 5.00. The van der Waals surface area contributed by atoms with Crippen molar-refractivity contribution < 1.29 is 4.79 Å². The summed E-state index contributed by atoms with van der Waals surface area (Å²) in [4.78, 5) is 21.3. The number of aliphatic imine (C=N–C) groups is 1. The largest absolute Gasteiger partial charge is 0.361 e. The van der Waals surface area contributed by atoms with Crippen LogP contribution in [0, 0.1) is 0 Å². The van der Waals surface area contributed by atoms with Crippen molar-refractivity contribution >= 4 is 22.8 Å². The summed E-state index contributed by atoms with van der Waals surface area (Å²) in [6, 6.07) is 14.1. The van der Waals surface area contributed by atoms with Crippen LogP contribution in [0.4, 0.5) is 0 Å². The molecule has 0 fully saturated rings. The number of benzene rings is 2. The first-order chi connectivity index (χ1) is 14.5. The first-order valence-electron chi connectivity index (χ1n) is 10.4. The molecule has 158 valence electrons. The number of nitrogens with one attached hydrogen (secondary N) is 3. The number of fused-ring (bicyclic) bond motifs is 1. The lowest BCUT2D eigenvalue weighted by Crippen LogP contribution is -2.37. The predicted octanol–water partition coefficient (Wildman–Crippen LogP) is 3.34. The molecular formula is C24H31N5O. The average molecular weight is 406 g/mol. The Kier molecular flexibility index (Phi) is 7.12. The number of nitrogens with zero attached hydrogens (tertiary/aromatic N) is 2. The van der Waals surface area contributed by atoms with Gasteiger partial charge in [0.05, 0.1) is 0 Å². The zero-order valence-electron chi connectivity index (χ0n) is 18.2. The fourth-order valence-corrected chi connectivity index (χ4v) is 3.52. The Bertz CT molecular complexity index is 1020. The molecule has 6 nitrogen and oxygen atoms in total. The second-order valence-corrected chi connectivity index (χ2v) is 7.51. The van der Waals surface area contributed by atoms with E-state index in [-0.39, 0.29) is 5.91 Å². The van der Waals surface area contributed by atoms with Crippen LogP contribution in [0.3, 0.4) is 0 Å². The van der Waals surface area contributed by atoms with Crippen LogP contribution in [-0.4, -0.2) is 49.4 Å². The Labute approximate surface area is 178 Å². The molecule has 0 saturated heterocycles. The van der Waals surface area contributed by atoms with Crippen LogP contribution < -0.4 is 10.6 Å². The first-order valence-corrected chi connectivity index (χ1v) is 10.4. The zero-order valence-corrected chi connectivity index (χ0v) is 18.2. The molecule has 1 aromatic heterocycles. The van der Waals surface area contributed by atoms with Crippen molar-refractivity contribution in [2.24, 2.45) is 4.99 Å². The average Bonchev–Trinajstić information content (AvgIpc) is 3.19. The van der Waals surface area contributed by atoms with Gasteiger partial charge in [-0.3, -0.25) is 9.79 Å². The number of aryl methyl sites for hydroxylation is 1. The normalized spacial score (nSPS) is 11.5. The van der Waals surface area contributed by atoms with E-state index in [0.717, 1.165) is 30.9 Å². The number of carbonyl (C=O) groups excluding carboxylic acids is 1. The molecule has 3 aromatic rings. The molecule has 0 saturated carbocycles. The van der Waals surface area contributed by atoms with Crippen molar-refractivity contribution in [2.45, 2.75) is 26.3 Å². The van der Waals surface area contributed by atoms with Gasteiger partial charge in [0.25, 0.3) is 5.91 Å². The molecule has 0 aliphatic rings. The highest BCUT2D eigenvalue weighted by Gasteiger charge is 2.08. The number of amides is 1. The summed E-state index contributed by atoms with van der Waals surface area (Å²) in [7, 11) is 5.28. The molecule has 2 aromatic carbocycles. The van der Waals surface area contributed by atoms with Gasteiger partial charge in [-0.05, 0) is 41.7 Å². The summed E-state index contributed by atoms with van der Waals surface area (Å²) in [6.07, 6.45) is 4.05. The van der Waals surface area contributed by atoms with Crippen LogP contribution >= 0.6 is 0 Å². The first kappa shape index (κ1) is 21.4. The highest BCUT2D eigenvalue weighted by molar-refractivity contribution is 5.93. The topological polar surface area (TPSA) is 72.5 Å². The van der Waals surface area contributed by atoms with Crippen molar-refractivity contribution in [1.29, 1.82) is 0 Å². The molecule has 0 spiro atoms. The van der Waals surface area contributed by atoms with E-state index < -0.39 is 0 Å². The van der Waals surface area contributed by atoms with Gasteiger partial charge in [-0.1, -0.05) is 37.3 Å². The number of hydrogen-bond acceptors (Lipinski definition) is 2. The van der Waals surface area contributed by atoms with Gasteiger partial charge in [0.2, 0.25) is 0 Å². The van der Waals surface area contributed by atoms with E-state index in [2.05, 4.69) is 51.9 Å². The molecule has 3 rings (SSSR count). The highest BCUT2D eigenvalue weighted by Crippen LogP contribution is 2.22. The lowest BCUT2D eigenvalue weighted by atomic mass is 10.1. The summed E-state index contributed by atoms with van der Waals surface area (Å²) in [5, 5.41) is 8.01. The molecule has 30 heavy (non-hydrogen) atoms. The number of H-pyrrole nitrogens is 1. The Morgan fingerprint density at radius 3 is 2.50 bits per heavy atom. The number of rotatable bonds is 7. The van der Waals surface area contributed by atoms with E-state index in [1.807, 2.05) is 24.3 Å². The minimum absolute atomic E-state index is 0.00956. The van der Waals surface area contributed by atoms with Crippen LogP contribution in [0.2, 0.25) is 0 Å². The maximum absolute atomic E-state index is 12.0. The zero-order chi connectivity index (χ0) is 21.5. The fraction of sp³-hybridized carbons (Fsp3) is 0.333. The van der Waals surface area contributed by atoms with E-state index in [0.29, 0.717) is 12.1 Å². The maximum Gasteiger partial charge on any atom is 0.253 e. The van der Waals surface area contributed by atoms with E-state index in [9.17, 15) is 4.79 Å². The second kappa shape index (κ2) is 9.96. The molecule has 0 radical (unpaired) electrons. The van der Waals surface area contributed by atoms with Gasteiger partial charge in [0.1, 0.15) is 0 Å². The van der Waals surface area contributed by atoms with Crippen molar-refractivity contribution in [2.75, 3.05) is 27.7 Å². The van der Waals surface area contributed by atoms with Crippen LogP contribution in [0.25, 0.3) is 10.9 Å². The van der Waals surface area contributed by atoms with Crippen LogP contribution in [-0.2, 0) is 19.4 Å². The number of aromatic nitrogens is 1. The van der Waals surface area contributed by atoms with Gasteiger partial charge < -0.3 is 20.5 Å². The summed E-state index contributed by atoms with van der Waals surface area (Å²) >= 11 is 0. The lowest BCUT2D eigenvalue weighted by Gasteiger charge is -2.13. The van der Waals surface area contributed by atoms with Gasteiger partial charge in [0, 0.05) is 56.9 Å². The lowest BCUT2D eigenvalue weighted by molar-refractivity contribution is 0.0827. The summed E-state index contributed by atoms with van der Waals surface area (Å²) in [6.45, 7) is 3.61. The molecule has 0 aliphatic carbocycles. The SMILES string of the molecule is CCc1cccc2c(CCNC(=NC)NCc3ccc(C(=O)N(C)C)cc3)c[nH]c12. The van der Waals surface area contributed by atoms with Crippen molar-refractivity contribution in [3.8, 4) is 0 Å². The monoisotopic (exact) mass is 405 g/mol. The van der Waals surface area contributed by atoms with E-state index in [4.69, 9.17) is 0 Å². The van der Waals surface area contributed by atoms with E-state index >= 15 is 0 Å². The van der Waals surface area contributed by atoms with Crippen molar-refractivity contribution in [1.82, 2.24) is 20.5 Å². The van der Waals surface area contributed by atoms with Crippen LogP contribution in [0.15, 0.2) is 53.7 Å². The summed E-state index contributed by atoms with van der Waals surface area (Å²) < 4.78 is 0. The molecule has 6 heteroatoms. The van der Waals surface area contributed by atoms with Crippen LogP contribution in [0.1, 0.15) is 34.0 Å². The summed E-state index contributed by atoms with van der Waals surface area (Å²) in [5.41, 5.74) is 5.69. The molecule has 0 unspecified atom stereocenters. The van der Waals surface area contributed by atoms with Gasteiger partial charge >= 0.3 is 0 Å². The Hall–Kier alpha value is -3.28. The third-order valence-electron chi connectivity index (χ3n) is 5.25. The van der Waals surface area contributed by atoms with Crippen molar-refractivity contribution in [3.05, 3.63) is 70.9 Å². The third-order valence-corrected chi connectivity index (χ3v) is 5.25. The Morgan fingerprint density at radius 2 is 1.83 bits per heavy atom. The molecular weight excluding hydrogens is 374 g/mol. The van der Waals surface area contributed by atoms with E-state index in [1.165, 1.54) is 22.0 Å². The van der Waals surface area contributed by atoms with E-state index in [1.54, 1.807) is 26.0 Å². The fourth-order valence-electron chi connectivity index (χ4n) is 3.52. The number of aromatic amines is 1. The predicted molar refractivity (Wildman–Crippen MR) is 124 cm³/mol. The molecule has 3 N–H and O–H groups in total.